The third-order valence-corrected chi connectivity index (χ3v) is 2.16. The molecule has 0 unspecified atom stereocenters. The maximum atomic E-state index is 11.7. The van der Waals surface area contributed by atoms with Crippen molar-refractivity contribution >= 4 is 11.7 Å². The summed E-state index contributed by atoms with van der Waals surface area (Å²) in [5.74, 6) is 0.173. The smallest absolute Gasteiger partial charge is 0.256 e. The van der Waals surface area contributed by atoms with Crippen molar-refractivity contribution in [2.45, 2.75) is 19.9 Å². The fourth-order valence-electron chi connectivity index (χ4n) is 1.32. The summed E-state index contributed by atoms with van der Waals surface area (Å²) in [7, 11) is 1.58. The van der Waals surface area contributed by atoms with Crippen molar-refractivity contribution in [1.29, 1.82) is 0 Å². The Labute approximate surface area is 94.8 Å². The Morgan fingerprint density at radius 3 is 2.88 bits per heavy atom. The fraction of sp³-hybridized carbons (Fsp3) is 0.600. The van der Waals surface area contributed by atoms with E-state index in [2.05, 4.69) is 10.4 Å². The Bertz CT molecular complexity index is 360. The summed E-state index contributed by atoms with van der Waals surface area (Å²) in [5.41, 5.74) is 6.23. The summed E-state index contributed by atoms with van der Waals surface area (Å²) >= 11 is 0. The molecule has 0 atom stereocenters. The second-order valence-electron chi connectivity index (χ2n) is 3.73. The van der Waals surface area contributed by atoms with E-state index in [0.717, 1.165) is 0 Å². The van der Waals surface area contributed by atoms with Gasteiger partial charge in [0.1, 0.15) is 11.4 Å². The van der Waals surface area contributed by atoms with Crippen molar-refractivity contribution in [3.63, 3.8) is 0 Å². The maximum absolute atomic E-state index is 11.7. The largest absolute Gasteiger partial charge is 0.383 e. The van der Waals surface area contributed by atoms with Crippen molar-refractivity contribution in [3.8, 4) is 0 Å². The Hall–Kier alpha value is -1.56. The van der Waals surface area contributed by atoms with Gasteiger partial charge in [-0.25, -0.2) is 4.68 Å². The van der Waals surface area contributed by atoms with Crippen LogP contribution in [0.4, 0.5) is 5.82 Å². The Morgan fingerprint density at radius 1 is 1.69 bits per heavy atom. The van der Waals surface area contributed by atoms with Crippen LogP contribution < -0.4 is 11.1 Å². The van der Waals surface area contributed by atoms with Crippen LogP contribution in [-0.4, -0.2) is 35.9 Å². The summed E-state index contributed by atoms with van der Waals surface area (Å²) in [6.45, 7) is 4.84. The predicted octanol–water partition coefficient (Wildman–Crippen LogP) is 0.422. The Balaban J connectivity index is 2.69. The topological polar surface area (TPSA) is 82.2 Å². The number of hydrogen-bond donors (Lipinski definition) is 2. The van der Waals surface area contributed by atoms with Crippen molar-refractivity contribution in [2.24, 2.45) is 0 Å². The lowest BCUT2D eigenvalue weighted by molar-refractivity contribution is 0.0938. The van der Waals surface area contributed by atoms with Crippen LogP contribution in [0.2, 0.25) is 0 Å². The molecule has 0 aliphatic heterocycles. The standard InChI is InChI=1S/C10H18N4O2/c1-7(2)14-9(11)8(6-13-14)10(15)12-4-5-16-3/h6-7H,4-5,11H2,1-3H3,(H,12,15). The minimum Gasteiger partial charge on any atom is -0.383 e. The van der Waals surface area contributed by atoms with Crippen LogP contribution in [-0.2, 0) is 4.74 Å². The SMILES string of the molecule is COCCNC(=O)c1cnn(C(C)C)c1N. The van der Waals surface area contributed by atoms with E-state index in [0.29, 0.717) is 24.5 Å². The molecule has 1 aromatic heterocycles. The van der Waals surface area contributed by atoms with E-state index < -0.39 is 0 Å². The summed E-state index contributed by atoms with van der Waals surface area (Å²) < 4.78 is 6.45. The zero-order valence-electron chi connectivity index (χ0n) is 9.86. The molecule has 1 amide bonds. The molecule has 6 heteroatoms. The van der Waals surface area contributed by atoms with E-state index in [-0.39, 0.29) is 11.9 Å². The molecule has 1 heterocycles. The summed E-state index contributed by atoms with van der Waals surface area (Å²) in [6, 6.07) is 0.139. The van der Waals surface area contributed by atoms with Gasteiger partial charge in [-0.15, -0.1) is 0 Å². The van der Waals surface area contributed by atoms with Crippen LogP contribution in [0.5, 0.6) is 0 Å². The van der Waals surface area contributed by atoms with Gasteiger partial charge in [0.2, 0.25) is 0 Å². The lowest BCUT2D eigenvalue weighted by Gasteiger charge is -2.08. The van der Waals surface area contributed by atoms with E-state index in [1.807, 2.05) is 13.8 Å². The quantitative estimate of drug-likeness (QED) is 0.713. The number of amides is 1. The molecule has 0 saturated heterocycles. The highest BCUT2D eigenvalue weighted by molar-refractivity contribution is 5.98. The number of aromatic nitrogens is 2. The zero-order chi connectivity index (χ0) is 12.1. The van der Waals surface area contributed by atoms with Gasteiger partial charge in [-0.2, -0.15) is 5.10 Å². The molecule has 0 radical (unpaired) electrons. The first kappa shape index (κ1) is 12.5. The van der Waals surface area contributed by atoms with Gasteiger partial charge in [0.25, 0.3) is 5.91 Å². The highest BCUT2D eigenvalue weighted by Gasteiger charge is 2.15. The number of nitrogen functional groups attached to an aromatic ring is 1. The predicted molar refractivity (Wildman–Crippen MR) is 61.2 cm³/mol. The van der Waals surface area contributed by atoms with Crippen molar-refractivity contribution in [3.05, 3.63) is 11.8 Å². The average molecular weight is 226 g/mol. The number of ether oxygens (including phenoxy) is 1. The van der Waals surface area contributed by atoms with Crippen LogP contribution in [0.3, 0.4) is 0 Å². The molecule has 0 saturated carbocycles. The highest BCUT2D eigenvalue weighted by Crippen LogP contribution is 2.15. The molecule has 0 fully saturated rings. The van der Waals surface area contributed by atoms with Gasteiger partial charge < -0.3 is 15.8 Å². The van der Waals surface area contributed by atoms with Crippen molar-refractivity contribution < 1.29 is 9.53 Å². The molecule has 0 aliphatic carbocycles. The van der Waals surface area contributed by atoms with E-state index >= 15 is 0 Å². The zero-order valence-corrected chi connectivity index (χ0v) is 9.86. The molecule has 0 spiro atoms. The van der Waals surface area contributed by atoms with Crippen LogP contribution >= 0.6 is 0 Å². The molecule has 90 valence electrons. The van der Waals surface area contributed by atoms with E-state index in [4.69, 9.17) is 10.5 Å². The van der Waals surface area contributed by atoms with Gasteiger partial charge in [-0.3, -0.25) is 4.79 Å². The lowest BCUT2D eigenvalue weighted by Crippen LogP contribution is -2.27. The molecule has 0 aromatic carbocycles. The summed E-state index contributed by atoms with van der Waals surface area (Å²) in [6.07, 6.45) is 1.48. The molecular weight excluding hydrogens is 208 g/mol. The van der Waals surface area contributed by atoms with Gasteiger partial charge >= 0.3 is 0 Å². The molecule has 1 aromatic rings. The van der Waals surface area contributed by atoms with Crippen molar-refractivity contribution in [2.75, 3.05) is 26.0 Å². The van der Waals surface area contributed by atoms with Crippen LogP contribution in [0.15, 0.2) is 6.20 Å². The normalized spacial score (nSPS) is 10.8. The monoisotopic (exact) mass is 226 g/mol. The number of hydrogen-bond acceptors (Lipinski definition) is 4. The number of carbonyl (C=O) groups excluding carboxylic acids is 1. The number of carbonyl (C=O) groups is 1. The van der Waals surface area contributed by atoms with Gasteiger partial charge in [0, 0.05) is 19.7 Å². The molecule has 1 rings (SSSR count). The second-order valence-corrected chi connectivity index (χ2v) is 3.73. The Kier molecular flexibility index (Phi) is 4.30. The fourth-order valence-corrected chi connectivity index (χ4v) is 1.32. The van der Waals surface area contributed by atoms with Crippen LogP contribution in [0.1, 0.15) is 30.2 Å². The molecule has 16 heavy (non-hydrogen) atoms. The van der Waals surface area contributed by atoms with E-state index in [9.17, 15) is 4.79 Å². The number of rotatable bonds is 5. The van der Waals surface area contributed by atoms with E-state index in [1.54, 1.807) is 11.8 Å². The summed E-state index contributed by atoms with van der Waals surface area (Å²) in [5, 5.41) is 6.76. The highest BCUT2D eigenvalue weighted by atomic mass is 16.5. The molecule has 0 aliphatic rings. The molecule has 0 bridgehead atoms. The average Bonchev–Trinajstić information content (AvgIpc) is 2.60. The van der Waals surface area contributed by atoms with E-state index in [1.165, 1.54) is 6.20 Å². The Morgan fingerprint density at radius 2 is 2.38 bits per heavy atom. The third kappa shape index (κ3) is 2.73. The minimum atomic E-state index is -0.221. The number of nitrogens with two attached hydrogens (primary N) is 1. The van der Waals surface area contributed by atoms with Crippen LogP contribution in [0.25, 0.3) is 0 Å². The van der Waals surface area contributed by atoms with Gasteiger partial charge in [-0.1, -0.05) is 0 Å². The maximum Gasteiger partial charge on any atom is 0.256 e. The molecular formula is C10H18N4O2. The summed E-state index contributed by atoms with van der Waals surface area (Å²) in [4.78, 5) is 11.7. The minimum absolute atomic E-state index is 0.139. The van der Waals surface area contributed by atoms with Crippen molar-refractivity contribution in [1.82, 2.24) is 15.1 Å². The van der Waals surface area contributed by atoms with Gasteiger partial charge in [0.15, 0.2) is 0 Å². The number of methoxy groups -OCH3 is 1. The first-order valence-corrected chi connectivity index (χ1v) is 5.18. The molecule has 6 nitrogen and oxygen atoms in total. The molecule has 3 N–H and O–H groups in total. The lowest BCUT2D eigenvalue weighted by atomic mass is 10.3. The van der Waals surface area contributed by atoms with Crippen LogP contribution in [0, 0.1) is 0 Å². The first-order chi connectivity index (χ1) is 7.57. The first-order valence-electron chi connectivity index (χ1n) is 5.18. The number of nitrogens with one attached hydrogen (secondary N) is 1. The number of nitrogens with zero attached hydrogens (tertiary/aromatic N) is 2. The van der Waals surface area contributed by atoms with Gasteiger partial charge in [0.05, 0.1) is 12.8 Å². The third-order valence-electron chi connectivity index (χ3n) is 2.16. The second kappa shape index (κ2) is 5.50. The van der Waals surface area contributed by atoms with Gasteiger partial charge in [-0.05, 0) is 13.8 Å². The number of anilines is 1.